The molecule has 0 aromatic heterocycles. The lowest BCUT2D eigenvalue weighted by Gasteiger charge is -2.60. The number of morpholine rings is 1. The predicted octanol–water partition coefficient (Wildman–Crippen LogP) is 0.878. The molecule has 1 aromatic rings. The normalized spacial score (nSPS) is 38.2. The number of ketones is 3. The molecule has 1 amide bonds. The van der Waals surface area contributed by atoms with Crippen LogP contribution in [0.15, 0.2) is 36.0 Å². The maximum Gasteiger partial charge on any atom is 0.259 e. The van der Waals surface area contributed by atoms with Gasteiger partial charge in [0.05, 0.1) is 35.9 Å². The third-order valence-corrected chi connectivity index (χ3v) is 12.3. The second-order valence-electron chi connectivity index (χ2n) is 15.1. The Bertz CT molecular complexity index is 1510. The van der Waals surface area contributed by atoms with Gasteiger partial charge in [-0.25, -0.2) is 4.39 Å². The number of carbonyl (C=O) groups is 4. The molecule has 12 heteroatoms. The van der Waals surface area contributed by atoms with Crippen LogP contribution < -0.4 is 11.1 Å². The summed E-state index contributed by atoms with van der Waals surface area (Å²) in [5, 5.41) is 3.48. The fourth-order valence-electron chi connectivity index (χ4n) is 9.69. The Labute approximate surface area is 281 Å². The average Bonchev–Trinajstić information content (AvgIpc) is 3.53. The molecule has 0 bridgehead atoms. The van der Waals surface area contributed by atoms with Crippen molar-refractivity contribution in [2.45, 2.75) is 74.7 Å². The van der Waals surface area contributed by atoms with E-state index in [4.69, 9.17) is 10.5 Å². The van der Waals surface area contributed by atoms with E-state index in [9.17, 15) is 19.2 Å². The quantitative estimate of drug-likeness (QED) is 0.335. The molecule has 10 atom stereocenters. The van der Waals surface area contributed by atoms with Crippen molar-refractivity contribution < 1.29 is 28.3 Å². The van der Waals surface area contributed by atoms with Crippen molar-refractivity contribution in [2.24, 2.45) is 23.5 Å². The predicted molar refractivity (Wildman–Crippen MR) is 175 cm³/mol. The number of nitrogens with zero attached hydrogens (tertiary/aromatic N) is 4. The Morgan fingerprint density at radius 2 is 1.67 bits per heavy atom. The monoisotopic (exact) mass is 662 g/mol. The van der Waals surface area contributed by atoms with Gasteiger partial charge in [-0.3, -0.25) is 19.2 Å². The third kappa shape index (κ3) is 5.44. The molecule has 4 aliphatic heterocycles. The second-order valence-corrected chi connectivity index (χ2v) is 15.1. The molecule has 11 nitrogen and oxygen atoms in total. The summed E-state index contributed by atoms with van der Waals surface area (Å²) in [5.74, 6) is -2.59. The lowest BCUT2D eigenvalue weighted by atomic mass is 9.63. The zero-order chi connectivity index (χ0) is 33.3. The summed E-state index contributed by atoms with van der Waals surface area (Å²) in [6.07, 6.45) is 1.44. The van der Waals surface area contributed by atoms with E-state index in [-0.39, 0.29) is 47.3 Å². The van der Waals surface area contributed by atoms with E-state index in [0.29, 0.717) is 50.0 Å². The molecule has 3 saturated heterocycles. The highest BCUT2D eigenvalue weighted by Crippen LogP contribution is 2.50. The number of nitrogens with two attached hydrogens (primary N) is 1. The van der Waals surface area contributed by atoms with Gasteiger partial charge in [-0.15, -0.1) is 0 Å². The van der Waals surface area contributed by atoms with Crippen molar-refractivity contribution in [3.63, 3.8) is 0 Å². The number of amides is 1. The standard InChI is InChI=1S/C36H47FN6O5/c1-40-11-13-41(14-12-40)9-4-8-39-30-27(37)15-25-31-35(30)48-29-17-24-23(32(44)21-5-2-3-6-22(21)33(24)45)16-28(29)43(31)19-26(34(25)46)36(47)42-10-7-20(38)18-42/h2-3,5-6,19-20,23-25,27-31,35,39H,4,7-18,38H2,1H3. The van der Waals surface area contributed by atoms with Crippen LogP contribution in [0.4, 0.5) is 4.39 Å². The first-order valence-electron chi connectivity index (χ1n) is 17.9. The molecular weight excluding hydrogens is 615 g/mol. The van der Waals surface area contributed by atoms with E-state index < -0.39 is 48.2 Å². The van der Waals surface area contributed by atoms with Crippen LogP contribution in [0.25, 0.3) is 0 Å². The Balaban J connectivity index is 1.08. The number of hydrogen-bond acceptors (Lipinski definition) is 10. The Morgan fingerprint density at radius 3 is 2.35 bits per heavy atom. The summed E-state index contributed by atoms with van der Waals surface area (Å²) >= 11 is 0. The van der Waals surface area contributed by atoms with Gasteiger partial charge in [0.2, 0.25) is 0 Å². The molecular formula is C36H47FN6O5. The van der Waals surface area contributed by atoms with Gasteiger partial charge in [-0.05, 0) is 52.2 Å². The Hall–Kier alpha value is -3.03. The number of carbonyl (C=O) groups excluding carboxylic acids is 4. The van der Waals surface area contributed by atoms with Crippen LogP contribution in [0.5, 0.6) is 0 Å². The van der Waals surface area contributed by atoms with Crippen LogP contribution in [0.3, 0.4) is 0 Å². The number of likely N-dealkylation sites (tertiary alicyclic amines) is 1. The molecule has 5 fully saturated rings. The van der Waals surface area contributed by atoms with Gasteiger partial charge in [0.15, 0.2) is 17.3 Å². The maximum atomic E-state index is 16.3. The molecule has 1 aromatic carbocycles. The summed E-state index contributed by atoms with van der Waals surface area (Å²) in [6, 6.07) is 5.42. The molecule has 10 unspecified atom stereocenters. The molecule has 258 valence electrons. The molecule has 3 N–H and O–H groups in total. The van der Waals surface area contributed by atoms with E-state index >= 15 is 4.39 Å². The van der Waals surface area contributed by atoms with Crippen LogP contribution in [-0.2, 0) is 14.3 Å². The topological polar surface area (TPSA) is 129 Å². The van der Waals surface area contributed by atoms with Crippen LogP contribution >= 0.6 is 0 Å². The van der Waals surface area contributed by atoms with Gasteiger partial charge in [-0.1, -0.05) is 24.3 Å². The molecule has 2 saturated carbocycles. The largest absolute Gasteiger partial charge is 0.369 e. The van der Waals surface area contributed by atoms with Crippen LogP contribution in [0.1, 0.15) is 52.8 Å². The first-order chi connectivity index (χ1) is 23.2. The van der Waals surface area contributed by atoms with E-state index in [1.165, 1.54) is 0 Å². The minimum Gasteiger partial charge on any atom is -0.369 e. The van der Waals surface area contributed by atoms with Gasteiger partial charge < -0.3 is 35.4 Å². The Kier molecular flexibility index (Phi) is 8.51. The maximum absolute atomic E-state index is 16.3. The average molecular weight is 663 g/mol. The van der Waals surface area contributed by atoms with Crippen molar-refractivity contribution >= 4 is 23.3 Å². The zero-order valence-electron chi connectivity index (χ0n) is 27.6. The number of nitrogens with one attached hydrogen (secondary N) is 1. The molecule has 7 aliphatic rings. The first kappa shape index (κ1) is 32.2. The lowest BCUT2D eigenvalue weighted by Crippen LogP contribution is -2.73. The molecule has 4 heterocycles. The number of benzene rings is 1. The lowest BCUT2D eigenvalue weighted by molar-refractivity contribution is -0.203. The number of rotatable bonds is 6. The third-order valence-electron chi connectivity index (χ3n) is 12.3. The summed E-state index contributed by atoms with van der Waals surface area (Å²) in [6.45, 7) is 6.50. The van der Waals surface area contributed by atoms with Crippen LogP contribution in [-0.4, -0.2) is 145 Å². The van der Waals surface area contributed by atoms with Gasteiger partial charge in [-0.2, -0.15) is 0 Å². The molecule has 8 rings (SSSR count). The van der Waals surface area contributed by atoms with Gasteiger partial charge in [0.1, 0.15) is 6.17 Å². The smallest absolute Gasteiger partial charge is 0.259 e. The summed E-state index contributed by atoms with van der Waals surface area (Å²) in [5.41, 5.74) is 7.08. The highest BCUT2D eigenvalue weighted by molar-refractivity contribution is 6.21. The van der Waals surface area contributed by atoms with Gasteiger partial charge in [0, 0.05) is 80.4 Å². The van der Waals surface area contributed by atoms with Gasteiger partial charge in [0.25, 0.3) is 5.91 Å². The number of fused-ring (bicyclic) bond motifs is 4. The van der Waals surface area contributed by atoms with E-state index in [0.717, 1.165) is 39.1 Å². The number of hydrogen-bond donors (Lipinski definition) is 2. The van der Waals surface area contributed by atoms with Crippen molar-refractivity contribution in [2.75, 3.05) is 59.4 Å². The van der Waals surface area contributed by atoms with Crippen molar-refractivity contribution in [3.8, 4) is 0 Å². The van der Waals surface area contributed by atoms with E-state index in [1.807, 2.05) is 0 Å². The SMILES string of the molecule is CN1CCN(CCCNC2C(F)CC3C(=O)C(C(=O)N4CCC(N)C4)=CN4C5CC6C(=O)c7ccccc7C(=O)C6CC5OC2C34)CC1. The number of alkyl halides is 1. The van der Waals surface area contributed by atoms with Crippen molar-refractivity contribution in [1.29, 1.82) is 0 Å². The van der Waals surface area contributed by atoms with Crippen molar-refractivity contribution in [1.82, 2.24) is 24.9 Å². The van der Waals surface area contributed by atoms with Crippen LogP contribution in [0.2, 0.25) is 0 Å². The molecule has 0 radical (unpaired) electrons. The summed E-state index contributed by atoms with van der Waals surface area (Å²) < 4.78 is 23.1. The highest BCUT2D eigenvalue weighted by Gasteiger charge is 2.61. The minimum absolute atomic E-state index is 0.00560. The fourth-order valence-corrected chi connectivity index (χ4v) is 9.69. The second kappa shape index (κ2) is 12.7. The number of halogens is 1. The summed E-state index contributed by atoms with van der Waals surface area (Å²) in [4.78, 5) is 63.9. The first-order valence-corrected chi connectivity index (χ1v) is 17.9. The fraction of sp³-hybridized carbons (Fsp3) is 0.667. The van der Waals surface area contributed by atoms with Crippen LogP contribution in [0, 0.1) is 17.8 Å². The highest BCUT2D eigenvalue weighted by atomic mass is 19.1. The zero-order valence-corrected chi connectivity index (χ0v) is 27.6. The number of Topliss-reactive ketones (excluding diaryl/α,β-unsaturated/α-hetero) is 3. The number of likely N-dealkylation sites (N-methyl/N-ethyl adjacent to an activating group) is 1. The van der Waals surface area contributed by atoms with Crippen molar-refractivity contribution in [3.05, 3.63) is 47.2 Å². The molecule has 48 heavy (non-hydrogen) atoms. The molecule has 0 spiro atoms. The summed E-state index contributed by atoms with van der Waals surface area (Å²) in [7, 11) is 2.13. The number of piperazine rings is 1. The minimum atomic E-state index is -1.35. The Morgan fingerprint density at radius 1 is 0.958 bits per heavy atom. The van der Waals surface area contributed by atoms with Gasteiger partial charge >= 0.3 is 0 Å². The number of ether oxygens (including phenoxy) is 1. The molecule has 3 aliphatic carbocycles. The van der Waals surface area contributed by atoms with E-state index in [1.54, 1.807) is 35.4 Å². The van der Waals surface area contributed by atoms with E-state index in [2.05, 4.69) is 27.1 Å².